The topological polar surface area (TPSA) is 42.4 Å². The Morgan fingerprint density at radius 3 is 2.52 bits per heavy atom. The maximum Gasteiger partial charge on any atom is 0.230 e. The van der Waals surface area contributed by atoms with Gasteiger partial charge in [-0.05, 0) is 61.4 Å². The van der Waals surface area contributed by atoms with Crippen LogP contribution in [-0.4, -0.2) is 18.0 Å². The fourth-order valence-corrected chi connectivity index (χ4v) is 4.37. The highest BCUT2D eigenvalue weighted by Gasteiger charge is 2.18. The summed E-state index contributed by atoms with van der Waals surface area (Å²) in [5.74, 6) is 1.56. The molecule has 0 aliphatic carbocycles. The van der Waals surface area contributed by atoms with Gasteiger partial charge in [-0.15, -0.1) is 23.1 Å². The average Bonchev–Trinajstić information content (AvgIpc) is 3.11. The molecule has 0 saturated carbocycles. The molecule has 3 rings (SSSR count). The molecular weight excluding hydrogens is 376 g/mol. The number of methoxy groups -OCH3 is 1. The number of carbonyl (C=O) groups is 1. The number of hydrogen-bond donors (Lipinski definition) is 0. The summed E-state index contributed by atoms with van der Waals surface area (Å²) in [7, 11) is 1.66. The molecule has 4 nitrogen and oxygen atoms in total. The van der Waals surface area contributed by atoms with Crippen molar-refractivity contribution < 1.29 is 9.53 Å². The zero-order valence-corrected chi connectivity index (χ0v) is 17.5. The highest BCUT2D eigenvalue weighted by Crippen LogP contribution is 2.32. The lowest BCUT2D eigenvalue weighted by molar-refractivity contribution is -0.115. The summed E-state index contributed by atoms with van der Waals surface area (Å²) in [6.07, 6.45) is 0. The Morgan fingerprint density at radius 2 is 1.89 bits per heavy atom. The fraction of sp³-hybridized carbons (Fsp3) is 0.238. The summed E-state index contributed by atoms with van der Waals surface area (Å²) in [6, 6.07) is 14.0. The van der Waals surface area contributed by atoms with E-state index in [1.165, 1.54) is 16.9 Å². The maximum absolute atomic E-state index is 12.3. The van der Waals surface area contributed by atoms with Gasteiger partial charge in [0.25, 0.3) is 0 Å². The Hall–Kier alpha value is -2.31. The van der Waals surface area contributed by atoms with Gasteiger partial charge in [0.05, 0.1) is 18.5 Å². The second-order valence-electron chi connectivity index (χ2n) is 6.21. The number of anilines is 2. The number of aryl methyl sites for hydroxylation is 2. The van der Waals surface area contributed by atoms with Crippen molar-refractivity contribution in [2.75, 3.05) is 12.0 Å². The number of ether oxygens (including phenoxy) is 1. The van der Waals surface area contributed by atoms with E-state index in [-0.39, 0.29) is 5.91 Å². The summed E-state index contributed by atoms with van der Waals surface area (Å²) in [5.41, 5.74) is 4.18. The van der Waals surface area contributed by atoms with E-state index in [1.807, 2.05) is 47.8 Å². The minimum atomic E-state index is -0.0399. The SMILES string of the molecule is COc1ccc(SCc2csc(N(C(C)=O)c3ccc(C)c(C)c3)n2)cc1. The molecule has 0 atom stereocenters. The Balaban J connectivity index is 1.75. The Labute approximate surface area is 168 Å². The molecule has 1 aromatic heterocycles. The minimum Gasteiger partial charge on any atom is -0.497 e. The highest BCUT2D eigenvalue weighted by atomic mass is 32.2. The molecule has 0 radical (unpaired) electrons. The standard InChI is InChI=1S/C21H22N2O2S2/c1-14-5-6-18(11-15(14)2)23(16(3)24)21-22-17(13-27-21)12-26-20-9-7-19(25-4)8-10-20/h5-11,13H,12H2,1-4H3. The van der Waals surface area contributed by atoms with Gasteiger partial charge in [0.15, 0.2) is 5.13 Å². The molecule has 27 heavy (non-hydrogen) atoms. The molecule has 0 bridgehead atoms. The van der Waals surface area contributed by atoms with Gasteiger partial charge in [-0.1, -0.05) is 6.07 Å². The van der Waals surface area contributed by atoms with Crippen LogP contribution in [0.4, 0.5) is 10.8 Å². The van der Waals surface area contributed by atoms with Gasteiger partial charge in [0.2, 0.25) is 5.91 Å². The van der Waals surface area contributed by atoms with Gasteiger partial charge in [0.1, 0.15) is 5.75 Å². The quantitative estimate of drug-likeness (QED) is 0.496. The fourth-order valence-electron chi connectivity index (χ4n) is 2.59. The van der Waals surface area contributed by atoms with Crippen molar-refractivity contribution >= 4 is 39.8 Å². The van der Waals surface area contributed by atoms with Crippen molar-refractivity contribution in [3.63, 3.8) is 0 Å². The van der Waals surface area contributed by atoms with Crippen molar-refractivity contribution in [3.05, 3.63) is 64.7 Å². The third kappa shape index (κ3) is 4.70. The minimum absolute atomic E-state index is 0.0399. The first-order chi connectivity index (χ1) is 13.0. The lowest BCUT2D eigenvalue weighted by Gasteiger charge is -2.19. The van der Waals surface area contributed by atoms with Crippen LogP contribution in [0, 0.1) is 13.8 Å². The average molecular weight is 399 g/mol. The summed E-state index contributed by atoms with van der Waals surface area (Å²) >= 11 is 3.20. The molecule has 1 amide bonds. The summed E-state index contributed by atoms with van der Waals surface area (Å²) in [6.45, 7) is 5.69. The second-order valence-corrected chi connectivity index (χ2v) is 8.09. The lowest BCUT2D eigenvalue weighted by Crippen LogP contribution is -2.22. The van der Waals surface area contributed by atoms with E-state index in [4.69, 9.17) is 4.74 Å². The number of rotatable bonds is 6. The van der Waals surface area contributed by atoms with Crippen molar-refractivity contribution in [3.8, 4) is 5.75 Å². The molecule has 0 aliphatic heterocycles. The van der Waals surface area contributed by atoms with Crippen LogP contribution in [0.1, 0.15) is 23.7 Å². The molecule has 0 saturated heterocycles. The molecule has 0 spiro atoms. The first-order valence-corrected chi connectivity index (χ1v) is 10.4. The number of hydrogen-bond acceptors (Lipinski definition) is 5. The van der Waals surface area contributed by atoms with Crippen LogP contribution in [0.15, 0.2) is 52.7 Å². The van der Waals surface area contributed by atoms with Crippen LogP contribution in [0.25, 0.3) is 0 Å². The predicted octanol–water partition coefficient (Wildman–Crippen LogP) is 5.75. The van der Waals surface area contributed by atoms with E-state index in [1.54, 1.807) is 30.7 Å². The Kier molecular flexibility index (Phi) is 6.19. The van der Waals surface area contributed by atoms with Crippen LogP contribution in [0.3, 0.4) is 0 Å². The van der Waals surface area contributed by atoms with Crippen LogP contribution >= 0.6 is 23.1 Å². The molecular formula is C21H22N2O2S2. The van der Waals surface area contributed by atoms with Crippen LogP contribution in [-0.2, 0) is 10.5 Å². The number of thiazole rings is 1. The first kappa shape index (κ1) is 19.5. The number of nitrogens with zero attached hydrogens (tertiary/aromatic N) is 2. The van der Waals surface area contributed by atoms with E-state index >= 15 is 0 Å². The van der Waals surface area contributed by atoms with E-state index in [2.05, 4.69) is 18.8 Å². The smallest absolute Gasteiger partial charge is 0.230 e. The second kappa shape index (κ2) is 8.59. The molecule has 140 valence electrons. The van der Waals surface area contributed by atoms with Gasteiger partial charge in [-0.25, -0.2) is 4.98 Å². The Morgan fingerprint density at radius 1 is 1.15 bits per heavy atom. The van der Waals surface area contributed by atoms with Gasteiger partial charge in [-0.2, -0.15) is 0 Å². The van der Waals surface area contributed by atoms with Crippen molar-refractivity contribution in [2.24, 2.45) is 0 Å². The molecule has 1 heterocycles. The third-order valence-corrected chi connectivity index (χ3v) is 6.16. The van der Waals surface area contributed by atoms with E-state index in [0.29, 0.717) is 5.13 Å². The van der Waals surface area contributed by atoms with E-state index in [9.17, 15) is 4.79 Å². The highest BCUT2D eigenvalue weighted by molar-refractivity contribution is 7.98. The van der Waals surface area contributed by atoms with Gasteiger partial charge in [-0.3, -0.25) is 9.69 Å². The molecule has 3 aromatic rings. The lowest BCUT2D eigenvalue weighted by atomic mass is 10.1. The maximum atomic E-state index is 12.3. The monoisotopic (exact) mass is 398 g/mol. The largest absolute Gasteiger partial charge is 0.497 e. The normalized spacial score (nSPS) is 10.7. The number of thioether (sulfide) groups is 1. The van der Waals surface area contributed by atoms with Crippen LogP contribution in [0.5, 0.6) is 5.75 Å². The summed E-state index contributed by atoms with van der Waals surface area (Å²) < 4.78 is 5.18. The van der Waals surface area contributed by atoms with Crippen LogP contribution < -0.4 is 9.64 Å². The van der Waals surface area contributed by atoms with E-state index in [0.717, 1.165) is 33.3 Å². The van der Waals surface area contributed by atoms with Gasteiger partial charge >= 0.3 is 0 Å². The van der Waals surface area contributed by atoms with Gasteiger partial charge < -0.3 is 4.74 Å². The van der Waals surface area contributed by atoms with Gasteiger partial charge in [0, 0.05) is 23.0 Å². The number of carbonyl (C=O) groups excluding carboxylic acids is 1. The van der Waals surface area contributed by atoms with Crippen molar-refractivity contribution in [2.45, 2.75) is 31.4 Å². The summed E-state index contributed by atoms with van der Waals surface area (Å²) in [5, 5.41) is 2.72. The molecule has 0 N–H and O–H groups in total. The first-order valence-electron chi connectivity index (χ1n) is 8.57. The molecule has 6 heteroatoms. The molecule has 0 aliphatic rings. The molecule has 0 unspecified atom stereocenters. The predicted molar refractivity (Wildman–Crippen MR) is 113 cm³/mol. The van der Waals surface area contributed by atoms with Crippen LogP contribution in [0.2, 0.25) is 0 Å². The number of amides is 1. The number of aromatic nitrogens is 1. The van der Waals surface area contributed by atoms with E-state index < -0.39 is 0 Å². The third-order valence-electron chi connectivity index (χ3n) is 4.24. The zero-order chi connectivity index (χ0) is 19.4. The molecule has 0 fully saturated rings. The number of benzene rings is 2. The Bertz CT molecular complexity index is 936. The summed E-state index contributed by atoms with van der Waals surface area (Å²) in [4.78, 5) is 19.8. The van der Waals surface area contributed by atoms with Crippen molar-refractivity contribution in [1.29, 1.82) is 0 Å². The zero-order valence-electron chi connectivity index (χ0n) is 15.9. The van der Waals surface area contributed by atoms with Crippen molar-refractivity contribution in [1.82, 2.24) is 4.98 Å². The molecule has 2 aromatic carbocycles.